The van der Waals surface area contributed by atoms with Gasteiger partial charge in [-0.1, -0.05) is 0 Å². The fraction of sp³-hybridized carbons (Fsp3) is 0.667. The minimum Gasteiger partial charge on any atom is -0.478 e. The predicted octanol–water partition coefficient (Wildman–Crippen LogP) is -0.914. The van der Waals surface area contributed by atoms with Crippen LogP contribution in [0.2, 0.25) is 0 Å². The summed E-state index contributed by atoms with van der Waals surface area (Å²) in [6.45, 7) is -1.29. The summed E-state index contributed by atoms with van der Waals surface area (Å²) in [6, 6.07) is 0. The highest BCUT2D eigenvalue weighted by Crippen LogP contribution is 2.23. The lowest BCUT2D eigenvalue weighted by Gasteiger charge is -2.33. The number of carbonyl (C=O) groups excluding carboxylic acids is 1. The first-order chi connectivity index (χ1) is 5.88. The Morgan fingerprint density at radius 2 is 2.31 bits per heavy atom. The van der Waals surface area contributed by atoms with Crippen molar-refractivity contribution >= 4 is 19.7 Å². The van der Waals surface area contributed by atoms with Gasteiger partial charge in [-0.25, -0.2) is 13.6 Å². The van der Waals surface area contributed by atoms with E-state index in [0.717, 1.165) is 0 Å². The van der Waals surface area contributed by atoms with Crippen LogP contribution in [0.3, 0.4) is 0 Å². The molecule has 0 amide bonds. The highest BCUT2D eigenvalue weighted by molar-refractivity contribution is 6.12. The van der Waals surface area contributed by atoms with Gasteiger partial charge in [-0.2, -0.15) is 0 Å². The molecule has 4 nitrogen and oxygen atoms in total. The van der Waals surface area contributed by atoms with E-state index in [9.17, 15) is 18.4 Å². The van der Waals surface area contributed by atoms with E-state index >= 15 is 0 Å². The zero-order chi connectivity index (χ0) is 10.2. The van der Waals surface area contributed by atoms with Crippen LogP contribution in [-0.2, 0) is 9.59 Å². The SMILES string of the molecule is [B]N1CC(F)C(=O)C(F)(C(=O)O)C1. The van der Waals surface area contributed by atoms with Crippen LogP contribution in [0.25, 0.3) is 0 Å². The number of rotatable bonds is 1. The van der Waals surface area contributed by atoms with Crippen LogP contribution in [0.4, 0.5) is 8.78 Å². The van der Waals surface area contributed by atoms with E-state index in [-0.39, 0.29) is 0 Å². The average molecular weight is 189 g/mol. The molecule has 1 saturated heterocycles. The number of hydrogen-bond acceptors (Lipinski definition) is 3. The van der Waals surface area contributed by atoms with Gasteiger partial charge < -0.3 is 9.92 Å². The van der Waals surface area contributed by atoms with Crippen molar-refractivity contribution in [3.05, 3.63) is 0 Å². The molecule has 1 aliphatic rings. The third kappa shape index (κ3) is 1.56. The van der Waals surface area contributed by atoms with Gasteiger partial charge in [0.15, 0.2) is 14.2 Å². The summed E-state index contributed by atoms with van der Waals surface area (Å²) < 4.78 is 26.0. The van der Waals surface area contributed by atoms with E-state index in [4.69, 9.17) is 13.1 Å². The summed E-state index contributed by atoms with van der Waals surface area (Å²) in [5.41, 5.74) is -3.22. The van der Waals surface area contributed by atoms with Crippen molar-refractivity contribution in [1.82, 2.24) is 4.81 Å². The van der Waals surface area contributed by atoms with Gasteiger partial charge in [0.2, 0.25) is 5.78 Å². The first kappa shape index (κ1) is 10.1. The monoisotopic (exact) mass is 189 g/mol. The minimum atomic E-state index is -3.22. The number of piperidine rings is 1. The number of halogens is 2. The Kier molecular flexibility index (Phi) is 2.38. The molecule has 0 aliphatic carbocycles. The Labute approximate surface area is 73.9 Å². The fourth-order valence-electron chi connectivity index (χ4n) is 1.13. The molecule has 2 radical (unpaired) electrons. The van der Waals surface area contributed by atoms with Gasteiger partial charge in [0.05, 0.1) is 0 Å². The summed E-state index contributed by atoms with van der Waals surface area (Å²) in [4.78, 5) is 21.8. The van der Waals surface area contributed by atoms with Crippen molar-refractivity contribution in [2.75, 3.05) is 13.1 Å². The number of ketones is 1. The Hall–Kier alpha value is -0.975. The molecule has 1 N–H and O–H groups in total. The highest BCUT2D eigenvalue weighted by atomic mass is 19.2. The van der Waals surface area contributed by atoms with Gasteiger partial charge in [0.25, 0.3) is 5.67 Å². The van der Waals surface area contributed by atoms with Crippen LogP contribution in [0.1, 0.15) is 0 Å². The van der Waals surface area contributed by atoms with Gasteiger partial charge in [-0.05, 0) is 0 Å². The Bertz CT molecular complexity index is 262. The summed E-state index contributed by atoms with van der Waals surface area (Å²) in [5.74, 6) is -3.57. The normalized spacial score (nSPS) is 36.2. The van der Waals surface area contributed by atoms with Crippen molar-refractivity contribution in [2.24, 2.45) is 0 Å². The van der Waals surface area contributed by atoms with E-state index in [0.29, 0.717) is 4.81 Å². The molecule has 0 aromatic heterocycles. The maximum atomic E-state index is 13.3. The Morgan fingerprint density at radius 3 is 2.77 bits per heavy atom. The van der Waals surface area contributed by atoms with Crippen molar-refractivity contribution < 1.29 is 23.5 Å². The van der Waals surface area contributed by atoms with Crippen LogP contribution in [0.15, 0.2) is 0 Å². The number of carboxylic acid groups (broad SMARTS) is 1. The quantitative estimate of drug-likeness (QED) is 0.428. The molecule has 1 aliphatic heterocycles. The molecule has 0 aromatic rings. The molecule has 70 valence electrons. The van der Waals surface area contributed by atoms with Gasteiger partial charge in [-0.3, -0.25) is 4.79 Å². The standard InChI is InChI=1S/C6H6BF2NO3/c7-10-1-3(8)4(11)6(9,2-10)5(12)13/h3H,1-2H2,(H,12,13). The number of hydrogen-bond donors (Lipinski definition) is 1. The second-order valence-electron chi connectivity index (χ2n) is 2.87. The summed E-state index contributed by atoms with van der Waals surface area (Å²) >= 11 is 0. The molecule has 2 atom stereocenters. The zero-order valence-electron chi connectivity index (χ0n) is 6.54. The fourth-order valence-corrected chi connectivity index (χ4v) is 1.13. The van der Waals surface area contributed by atoms with E-state index in [1.165, 1.54) is 0 Å². The second-order valence-corrected chi connectivity index (χ2v) is 2.87. The van der Waals surface area contributed by atoms with E-state index in [2.05, 4.69) is 0 Å². The number of carbonyl (C=O) groups is 2. The van der Waals surface area contributed by atoms with Gasteiger partial charge in [0, 0.05) is 13.1 Å². The maximum Gasteiger partial charge on any atom is 0.350 e. The van der Waals surface area contributed by atoms with Crippen LogP contribution in [0, 0.1) is 0 Å². The number of Topliss-reactive ketones (excluding diaryl/α,β-unsaturated/α-hetero) is 1. The van der Waals surface area contributed by atoms with E-state index in [1.807, 2.05) is 0 Å². The van der Waals surface area contributed by atoms with Crippen LogP contribution >= 0.6 is 0 Å². The first-order valence-electron chi connectivity index (χ1n) is 3.48. The molecule has 1 heterocycles. The third-order valence-corrected chi connectivity index (χ3v) is 1.83. The maximum absolute atomic E-state index is 13.3. The topological polar surface area (TPSA) is 57.6 Å². The van der Waals surface area contributed by atoms with Gasteiger partial charge >= 0.3 is 5.97 Å². The molecule has 0 aromatic carbocycles. The molecular weight excluding hydrogens is 183 g/mol. The first-order valence-corrected chi connectivity index (χ1v) is 3.48. The molecule has 0 bridgehead atoms. The lowest BCUT2D eigenvalue weighted by atomic mass is 9.90. The minimum absolute atomic E-state index is 0.474. The molecule has 2 unspecified atom stereocenters. The van der Waals surface area contributed by atoms with Crippen LogP contribution in [-0.4, -0.2) is 54.6 Å². The predicted molar refractivity (Wildman–Crippen MR) is 38.7 cm³/mol. The lowest BCUT2D eigenvalue weighted by Crippen LogP contribution is -2.60. The van der Waals surface area contributed by atoms with Crippen molar-refractivity contribution in [3.63, 3.8) is 0 Å². The summed E-state index contributed by atoms with van der Waals surface area (Å²) in [7, 11) is 5.04. The van der Waals surface area contributed by atoms with E-state index in [1.54, 1.807) is 0 Å². The molecule has 1 rings (SSSR count). The molecule has 7 heteroatoms. The number of nitrogens with zero attached hydrogens (tertiary/aromatic N) is 1. The van der Waals surface area contributed by atoms with Crippen molar-refractivity contribution in [3.8, 4) is 0 Å². The molecule has 0 spiro atoms. The van der Waals surface area contributed by atoms with Crippen LogP contribution in [0.5, 0.6) is 0 Å². The molecule has 0 saturated carbocycles. The van der Waals surface area contributed by atoms with Gasteiger partial charge in [-0.15, -0.1) is 0 Å². The largest absolute Gasteiger partial charge is 0.478 e. The number of aliphatic carboxylic acids is 1. The average Bonchev–Trinajstić information content (AvgIpc) is 1.99. The summed E-state index contributed by atoms with van der Waals surface area (Å²) in [6.07, 6.45) is -2.18. The Balaban J connectivity index is 2.95. The second kappa shape index (κ2) is 3.06. The Morgan fingerprint density at radius 1 is 1.77 bits per heavy atom. The number of carboxylic acids is 1. The summed E-state index contributed by atoms with van der Waals surface area (Å²) in [5, 5.41) is 8.36. The zero-order valence-corrected chi connectivity index (χ0v) is 6.54. The molecule has 1 fully saturated rings. The van der Waals surface area contributed by atoms with Crippen molar-refractivity contribution in [1.29, 1.82) is 0 Å². The molecule has 13 heavy (non-hydrogen) atoms. The van der Waals surface area contributed by atoms with E-state index < -0.39 is 36.7 Å². The third-order valence-electron chi connectivity index (χ3n) is 1.83. The molecular formula is C6H6BF2NO3. The number of alkyl halides is 2. The van der Waals surface area contributed by atoms with Gasteiger partial charge in [0.1, 0.15) is 0 Å². The highest BCUT2D eigenvalue weighted by Gasteiger charge is 2.53. The van der Waals surface area contributed by atoms with Crippen LogP contribution < -0.4 is 0 Å². The van der Waals surface area contributed by atoms with Crippen molar-refractivity contribution in [2.45, 2.75) is 11.8 Å². The smallest absolute Gasteiger partial charge is 0.350 e. The lowest BCUT2D eigenvalue weighted by molar-refractivity contribution is -0.162.